The number of nitrogens with one attached hydrogen (secondary N) is 1. The number of hydrogen-bond acceptors (Lipinski definition) is 4. The summed E-state index contributed by atoms with van der Waals surface area (Å²) >= 11 is 0. The number of fused-ring (bicyclic) bond motifs is 1. The lowest BCUT2D eigenvalue weighted by atomic mass is 9.87. The van der Waals surface area contributed by atoms with Gasteiger partial charge < -0.3 is 19.5 Å². The zero-order valence-corrected chi connectivity index (χ0v) is 17.7. The Bertz CT molecular complexity index is 770. The molecule has 0 spiro atoms. The van der Waals surface area contributed by atoms with Crippen molar-refractivity contribution in [1.29, 1.82) is 0 Å². The molecule has 0 fully saturated rings. The number of benzene rings is 2. The lowest BCUT2D eigenvalue weighted by Crippen LogP contribution is -2.51. The molecule has 4 heteroatoms. The Morgan fingerprint density at radius 2 is 1.82 bits per heavy atom. The highest BCUT2D eigenvalue weighted by atomic mass is 16.6. The summed E-state index contributed by atoms with van der Waals surface area (Å²) in [7, 11) is 1.92. The van der Waals surface area contributed by atoms with Crippen LogP contribution >= 0.6 is 0 Å². The molecule has 0 aromatic heterocycles. The second-order valence-corrected chi connectivity index (χ2v) is 8.07. The van der Waals surface area contributed by atoms with E-state index in [2.05, 4.69) is 63.3 Å². The van der Waals surface area contributed by atoms with Gasteiger partial charge in [-0.15, -0.1) is 0 Å². The SMILES string of the molecule is CCCCOC1c2cc(NC)ccc2OC(C)(C)C1OCc1ccc(C)cc1. The molecule has 2 aromatic carbocycles. The van der Waals surface area contributed by atoms with E-state index in [9.17, 15) is 0 Å². The monoisotopic (exact) mass is 383 g/mol. The van der Waals surface area contributed by atoms with E-state index in [1.165, 1.54) is 5.56 Å². The molecular formula is C24H33NO3. The molecule has 1 aliphatic rings. The van der Waals surface area contributed by atoms with Gasteiger partial charge in [0, 0.05) is 24.9 Å². The van der Waals surface area contributed by atoms with Gasteiger partial charge in [-0.3, -0.25) is 0 Å². The molecule has 0 bridgehead atoms. The van der Waals surface area contributed by atoms with E-state index in [4.69, 9.17) is 14.2 Å². The Labute approximate surface area is 169 Å². The molecule has 0 saturated heterocycles. The Kier molecular flexibility index (Phi) is 6.63. The number of rotatable bonds is 8. The summed E-state index contributed by atoms with van der Waals surface area (Å²) in [6.45, 7) is 9.68. The van der Waals surface area contributed by atoms with E-state index in [1.54, 1.807) is 0 Å². The van der Waals surface area contributed by atoms with Crippen LogP contribution in [0.15, 0.2) is 42.5 Å². The van der Waals surface area contributed by atoms with Crippen LogP contribution in [-0.2, 0) is 16.1 Å². The second kappa shape index (κ2) is 8.97. The topological polar surface area (TPSA) is 39.7 Å². The number of anilines is 1. The van der Waals surface area contributed by atoms with Crippen LogP contribution in [0.4, 0.5) is 5.69 Å². The van der Waals surface area contributed by atoms with Gasteiger partial charge in [-0.1, -0.05) is 43.2 Å². The Morgan fingerprint density at radius 3 is 2.50 bits per heavy atom. The highest BCUT2D eigenvalue weighted by Gasteiger charge is 2.45. The Hall–Kier alpha value is -2.04. The maximum Gasteiger partial charge on any atom is 0.132 e. The van der Waals surface area contributed by atoms with Crippen LogP contribution in [-0.4, -0.2) is 25.4 Å². The largest absolute Gasteiger partial charge is 0.485 e. The molecule has 1 N–H and O–H groups in total. The molecule has 1 heterocycles. The minimum atomic E-state index is -0.490. The van der Waals surface area contributed by atoms with E-state index < -0.39 is 5.60 Å². The first-order valence-corrected chi connectivity index (χ1v) is 10.2. The van der Waals surface area contributed by atoms with Crippen LogP contribution in [0.3, 0.4) is 0 Å². The minimum absolute atomic E-state index is 0.163. The van der Waals surface area contributed by atoms with E-state index >= 15 is 0 Å². The molecule has 0 saturated carbocycles. The molecule has 2 unspecified atom stereocenters. The summed E-state index contributed by atoms with van der Waals surface area (Å²) in [6.07, 6.45) is 1.77. The van der Waals surface area contributed by atoms with Gasteiger partial charge in [-0.05, 0) is 51.0 Å². The van der Waals surface area contributed by atoms with Crippen molar-refractivity contribution in [2.45, 2.75) is 65.0 Å². The third-order valence-electron chi connectivity index (χ3n) is 5.28. The van der Waals surface area contributed by atoms with Crippen LogP contribution in [0.2, 0.25) is 0 Å². The summed E-state index contributed by atoms with van der Waals surface area (Å²) in [5.41, 5.74) is 4.01. The standard InChI is InChI=1S/C24H33NO3/c1-6-7-14-26-22-20-15-19(25-5)12-13-21(20)28-24(3,4)23(22)27-16-18-10-8-17(2)9-11-18/h8-13,15,22-23,25H,6-7,14,16H2,1-5H3. The van der Waals surface area contributed by atoms with Gasteiger partial charge in [-0.25, -0.2) is 0 Å². The van der Waals surface area contributed by atoms with E-state index in [0.717, 1.165) is 35.4 Å². The van der Waals surface area contributed by atoms with Gasteiger partial charge >= 0.3 is 0 Å². The summed E-state index contributed by atoms with van der Waals surface area (Å²) in [5.74, 6) is 0.876. The first kappa shape index (κ1) is 20.7. The van der Waals surface area contributed by atoms with Gasteiger partial charge in [0.15, 0.2) is 0 Å². The van der Waals surface area contributed by atoms with Gasteiger partial charge in [0.25, 0.3) is 0 Å². The fraction of sp³-hybridized carbons (Fsp3) is 0.500. The highest BCUT2D eigenvalue weighted by molar-refractivity contribution is 5.53. The number of hydrogen-bond donors (Lipinski definition) is 1. The second-order valence-electron chi connectivity index (χ2n) is 8.07. The van der Waals surface area contributed by atoms with Crippen molar-refractivity contribution in [2.75, 3.05) is 19.0 Å². The molecule has 0 aliphatic carbocycles. The number of unbranched alkanes of at least 4 members (excludes halogenated alkanes) is 1. The predicted molar refractivity (Wildman–Crippen MR) is 114 cm³/mol. The van der Waals surface area contributed by atoms with Crippen molar-refractivity contribution >= 4 is 5.69 Å². The molecule has 2 aromatic rings. The molecule has 3 rings (SSSR count). The Morgan fingerprint density at radius 1 is 1.07 bits per heavy atom. The van der Waals surface area contributed by atoms with Gasteiger partial charge in [0.2, 0.25) is 0 Å². The lowest BCUT2D eigenvalue weighted by molar-refractivity contribution is -0.167. The smallest absolute Gasteiger partial charge is 0.132 e. The molecule has 152 valence electrons. The molecule has 0 amide bonds. The van der Waals surface area contributed by atoms with Crippen molar-refractivity contribution in [3.05, 3.63) is 59.2 Å². The number of ether oxygens (including phenoxy) is 3. The first-order valence-electron chi connectivity index (χ1n) is 10.2. The molecular weight excluding hydrogens is 350 g/mol. The first-order chi connectivity index (χ1) is 13.4. The van der Waals surface area contributed by atoms with E-state index in [-0.39, 0.29) is 12.2 Å². The Balaban J connectivity index is 1.87. The zero-order valence-electron chi connectivity index (χ0n) is 17.7. The number of aryl methyl sites for hydroxylation is 1. The molecule has 28 heavy (non-hydrogen) atoms. The minimum Gasteiger partial charge on any atom is -0.485 e. The summed E-state index contributed by atoms with van der Waals surface area (Å²) in [5, 5.41) is 3.21. The quantitative estimate of drug-likeness (QED) is 0.598. The zero-order chi connectivity index (χ0) is 20.1. The molecule has 1 aliphatic heterocycles. The third-order valence-corrected chi connectivity index (χ3v) is 5.28. The van der Waals surface area contributed by atoms with Crippen molar-refractivity contribution in [3.63, 3.8) is 0 Å². The van der Waals surface area contributed by atoms with Crippen molar-refractivity contribution in [2.24, 2.45) is 0 Å². The van der Waals surface area contributed by atoms with Crippen molar-refractivity contribution in [3.8, 4) is 5.75 Å². The normalized spacial score (nSPS) is 20.3. The highest BCUT2D eigenvalue weighted by Crippen LogP contribution is 2.44. The predicted octanol–water partition coefficient (Wildman–Crippen LogP) is 5.65. The van der Waals surface area contributed by atoms with Gasteiger partial charge in [0.1, 0.15) is 23.6 Å². The van der Waals surface area contributed by atoms with E-state index in [0.29, 0.717) is 13.2 Å². The summed E-state index contributed by atoms with van der Waals surface area (Å²) < 4.78 is 19.1. The fourth-order valence-corrected chi connectivity index (χ4v) is 3.58. The van der Waals surface area contributed by atoms with Crippen molar-refractivity contribution < 1.29 is 14.2 Å². The van der Waals surface area contributed by atoms with Crippen molar-refractivity contribution in [1.82, 2.24) is 0 Å². The van der Waals surface area contributed by atoms with Crippen LogP contribution in [0.1, 0.15) is 56.4 Å². The fourth-order valence-electron chi connectivity index (χ4n) is 3.58. The van der Waals surface area contributed by atoms with Crippen LogP contribution in [0, 0.1) is 6.92 Å². The maximum absolute atomic E-state index is 6.43. The average molecular weight is 384 g/mol. The average Bonchev–Trinajstić information content (AvgIpc) is 2.68. The summed E-state index contributed by atoms with van der Waals surface area (Å²) in [4.78, 5) is 0. The van der Waals surface area contributed by atoms with Crippen LogP contribution in [0.5, 0.6) is 5.75 Å². The molecule has 4 nitrogen and oxygen atoms in total. The maximum atomic E-state index is 6.43. The van der Waals surface area contributed by atoms with E-state index in [1.807, 2.05) is 19.2 Å². The van der Waals surface area contributed by atoms with Crippen LogP contribution in [0.25, 0.3) is 0 Å². The van der Waals surface area contributed by atoms with Crippen LogP contribution < -0.4 is 10.1 Å². The molecule has 2 atom stereocenters. The van der Waals surface area contributed by atoms with Gasteiger partial charge in [-0.2, -0.15) is 0 Å². The van der Waals surface area contributed by atoms with Gasteiger partial charge in [0.05, 0.1) is 6.61 Å². The third kappa shape index (κ3) is 4.68. The summed E-state index contributed by atoms with van der Waals surface area (Å²) in [6, 6.07) is 14.6. The molecule has 0 radical (unpaired) electrons. The lowest BCUT2D eigenvalue weighted by Gasteiger charge is -2.44.